The van der Waals surface area contributed by atoms with E-state index in [4.69, 9.17) is 16.3 Å². The monoisotopic (exact) mass is 456 g/mol. The summed E-state index contributed by atoms with van der Waals surface area (Å²) in [7, 11) is 0. The van der Waals surface area contributed by atoms with E-state index in [-0.39, 0.29) is 29.5 Å². The molecule has 0 spiro atoms. The summed E-state index contributed by atoms with van der Waals surface area (Å²) >= 11 is 5.93. The van der Waals surface area contributed by atoms with E-state index in [1.54, 1.807) is 12.3 Å². The Hall–Kier alpha value is -2.88. The molecule has 5 rings (SSSR count). The molecular weight excluding hydrogens is 435 g/mol. The van der Waals surface area contributed by atoms with Crippen LogP contribution in [-0.2, 0) is 17.8 Å². The van der Waals surface area contributed by atoms with Crippen molar-refractivity contribution in [2.24, 2.45) is 0 Å². The lowest BCUT2D eigenvalue weighted by Crippen LogP contribution is -2.44. The first-order chi connectivity index (χ1) is 15.4. The van der Waals surface area contributed by atoms with Crippen LogP contribution in [0.4, 0.5) is 4.39 Å². The van der Waals surface area contributed by atoms with Gasteiger partial charge in [-0.25, -0.2) is 19.2 Å². The number of pyridine rings is 1. The normalized spacial score (nSPS) is 19.8. The van der Waals surface area contributed by atoms with Gasteiger partial charge in [0.1, 0.15) is 17.8 Å². The SMILES string of the molecule is C[C@@H]1CN(Cc2cnc3c(c2)c2ncnn2c(=O)n3Cc2ccc(F)c(Cl)c2)C[C@H](C)O1. The average molecular weight is 457 g/mol. The van der Waals surface area contributed by atoms with E-state index in [0.29, 0.717) is 23.4 Å². The highest BCUT2D eigenvalue weighted by Gasteiger charge is 2.23. The molecule has 0 N–H and O–H groups in total. The molecule has 0 saturated carbocycles. The maximum atomic E-state index is 13.6. The highest BCUT2D eigenvalue weighted by Crippen LogP contribution is 2.21. The second-order valence-electron chi connectivity index (χ2n) is 8.28. The van der Waals surface area contributed by atoms with Gasteiger partial charge in [0.15, 0.2) is 5.65 Å². The summed E-state index contributed by atoms with van der Waals surface area (Å²) in [6, 6.07) is 6.40. The van der Waals surface area contributed by atoms with Crippen LogP contribution in [0.2, 0.25) is 5.02 Å². The van der Waals surface area contributed by atoms with Gasteiger partial charge in [-0.2, -0.15) is 9.61 Å². The van der Waals surface area contributed by atoms with Crippen molar-refractivity contribution in [3.8, 4) is 0 Å². The minimum absolute atomic E-state index is 0.00546. The van der Waals surface area contributed by atoms with Gasteiger partial charge >= 0.3 is 5.69 Å². The van der Waals surface area contributed by atoms with Gasteiger partial charge in [-0.1, -0.05) is 17.7 Å². The van der Waals surface area contributed by atoms with E-state index < -0.39 is 5.82 Å². The molecule has 4 aromatic rings. The molecule has 1 saturated heterocycles. The van der Waals surface area contributed by atoms with Crippen LogP contribution in [0.25, 0.3) is 16.7 Å². The fourth-order valence-electron chi connectivity index (χ4n) is 4.37. The van der Waals surface area contributed by atoms with Crippen molar-refractivity contribution >= 4 is 28.3 Å². The molecular formula is C22H22ClFN6O2. The lowest BCUT2D eigenvalue weighted by molar-refractivity contribution is -0.0705. The van der Waals surface area contributed by atoms with Gasteiger partial charge in [-0.15, -0.1) is 0 Å². The molecule has 8 nitrogen and oxygen atoms in total. The zero-order valence-electron chi connectivity index (χ0n) is 17.7. The lowest BCUT2D eigenvalue weighted by Gasteiger charge is -2.35. The number of benzene rings is 1. The molecule has 3 aromatic heterocycles. The Balaban J connectivity index is 1.57. The van der Waals surface area contributed by atoms with E-state index in [2.05, 4.69) is 33.8 Å². The molecule has 166 valence electrons. The first-order valence-corrected chi connectivity index (χ1v) is 10.8. The van der Waals surface area contributed by atoms with Crippen molar-refractivity contribution in [2.75, 3.05) is 13.1 Å². The smallest absolute Gasteiger partial charge is 0.352 e. The highest BCUT2D eigenvalue weighted by atomic mass is 35.5. The van der Waals surface area contributed by atoms with Gasteiger partial charge in [-0.05, 0) is 43.2 Å². The molecule has 0 radical (unpaired) electrons. The van der Waals surface area contributed by atoms with E-state index in [0.717, 1.165) is 24.0 Å². The molecule has 4 heterocycles. The number of rotatable bonds is 4. The Kier molecular flexibility index (Phi) is 5.40. The van der Waals surface area contributed by atoms with Gasteiger partial charge in [0.05, 0.1) is 29.2 Å². The number of halogens is 2. The van der Waals surface area contributed by atoms with Gasteiger partial charge in [0.2, 0.25) is 0 Å². The highest BCUT2D eigenvalue weighted by molar-refractivity contribution is 6.30. The molecule has 10 heteroatoms. The number of fused-ring (bicyclic) bond motifs is 3. The third kappa shape index (κ3) is 3.87. The van der Waals surface area contributed by atoms with Gasteiger partial charge in [-0.3, -0.25) is 9.47 Å². The minimum Gasteiger partial charge on any atom is -0.373 e. The standard InChI is InChI=1S/C22H22ClFN6O2/c1-13-8-28(9-14(2)32-13)10-16-5-17-20(25-7-16)29(22(31)30-21(17)26-12-27-30)11-15-3-4-19(24)18(23)6-15/h3-7,12-14H,8-11H2,1-2H3/t13-,14+. The Morgan fingerprint density at radius 1 is 1.09 bits per heavy atom. The molecule has 0 bridgehead atoms. The summed E-state index contributed by atoms with van der Waals surface area (Å²) in [6.07, 6.45) is 3.48. The summed E-state index contributed by atoms with van der Waals surface area (Å²) < 4.78 is 22.2. The minimum atomic E-state index is -0.506. The molecule has 0 unspecified atom stereocenters. The fourth-order valence-corrected chi connectivity index (χ4v) is 4.57. The van der Waals surface area contributed by atoms with Crippen molar-refractivity contribution < 1.29 is 9.13 Å². The fraction of sp³-hybridized carbons (Fsp3) is 0.364. The summed E-state index contributed by atoms with van der Waals surface area (Å²) in [4.78, 5) is 24.3. The average Bonchev–Trinajstić information content (AvgIpc) is 3.23. The molecule has 1 aliphatic rings. The molecule has 0 amide bonds. The predicted octanol–water partition coefficient (Wildman–Crippen LogP) is 2.89. The Bertz CT molecular complexity index is 1360. The van der Waals surface area contributed by atoms with Crippen molar-refractivity contribution in [2.45, 2.75) is 39.1 Å². The second-order valence-corrected chi connectivity index (χ2v) is 8.69. The van der Waals surface area contributed by atoms with Gasteiger partial charge < -0.3 is 4.74 Å². The third-order valence-electron chi connectivity index (χ3n) is 5.61. The number of morpholine rings is 1. The Morgan fingerprint density at radius 2 is 1.88 bits per heavy atom. The van der Waals surface area contributed by atoms with Crippen LogP contribution < -0.4 is 5.69 Å². The van der Waals surface area contributed by atoms with Crippen LogP contribution in [0.3, 0.4) is 0 Å². The zero-order valence-corrected chi connectivity index (χ0v) is 18.5. The maximum Gasteiger partial charge on any atom is 0.352 e. The third-order valence-corrected chi connectivity index (χ3v) is 5.90. The molecule has 1 aromatic carbocycles. The van der Waals surface area contributed by atoms with Gasteiger partial charge in [0.25, 0.3) is 0 Å². The van der Waals surface area contributed by atoms with Crippen LogP contribution >= 0.6 is 11.6 Å². The lowest BCUT2D eigenvalue weighted by atomic mass is 10.1. The molecule has 2 atom stereocenters. The molecule has 0 aliphatic carbocycles. The van der Waals surface area contributed by atoms with Crippen molar-refractivity contribution in [1.29, 1.82) is 0 Å². The molecule has 32 heavy (non-hydrogen) atoms. The quantitative estimate of drug-likeness (QED) is 0.470. The van der Waals surface area contributed by atoms with E-state index >= 15 is 0 Å². The van der Waals surface area contributed by atoms with E-state index in [1.165, 1.54) is 27.5 Å². The van der Waals surface area contributed by atoms with E-state index in [9.17, 15) is 9.18 Å². The van der Waals surface area contributed by atoms with Crippen LogP contribution in [0, 0.1) is 5.82 Å². The van der Waals surface area contributed by atoms with Crippen molar-refractivity contribution in [3.63, 3.8) is 0 Å². The Labute approximate surface area is 188 Å². The summed E-state index contributed by atoms with van der Waals surface area (Å²) in [6.45, 7) is 6.72. The second kappa shape index (κ2) is 8.23. The number of hydrogen-bond donors (Lipinski definition) is 0. The predicted molar refractivity (Wildman–Crippen MR) is 118 cm³/mol. The number of nitrogens with zero attached hydrogens (tertiary/aromatic N) is 6. The summed E-state index contributed by atoms with van der Waals surface area (Å²) in [5.74, 6) is -0.506. The number of aromatic nitrogens is 5. The van der Waals surface area contributed by atoms with Gasteiger partial charge in [0, 0.05) is 25.8 Å². The van der Waals surface area contributed by atoms with Crippen molar-refractivity contribution in [3.05, 3.63) is 69.2 Å². The number of hydrogen-bond acceptors (Lipinski definition) is 6. The first kappa shape index (κ1) is 21.0. The van der Waals surface area contributed by atoms with Crippen molar-refractivity contribution in [1.82, 2.24) is 29.0 Å². The van der Waals surface area contributed by atoms with E-state index in [1.807, 2.05) is 6.07 Å². The molecule has 1 fully saturated rings. The largest absolute Gasteiger partial charge is 0.373 e. The van der Waals surface area contributed by atoms with Crippen LogP contribution in [0.1, 0.15) is 25.0 Å². The summed E-state index contributed by atoms with van der Waals surface area (Å²) in [5, 5.41) is 4.83. The Morgan fingerprint density at radius 3 is 2.62 bits per heavy atom. The maximum absolute atomic E-state index is 13.6. The number of ether oxygens (including phenoxy) is 1. The van der Waals surface area contributed by atoms with Crippen LogP contribution in [0.5, 0.6) is 0 Å². The topological polar surface area (TPSA) is 77.6 Å². The summed E-state index contributed by atoms with van der Waals surface area (Å²) in [5.41, 5.74) is 2.27. The van der Waals surface area contributed by atoms with Crippen LogP contribution in [-0.4, -0.2) is 54.3 Å². The molecule has 1 aliphatic heterocycles. The first-order valence-electron chi connectivity index (χ1n) is 10.4. The zero-order chi connectivity index (χ0) is 22.4. The van der Waals surface area contributed by atoms with Crippen LogP contribution in [0.15, 0.2) is 41.6 Å².